The van der Waals surface area contributed by atoms with Gasteiger partial charge < -0.3 is 14.8 Å². The summed E-state index contributed by atoms with van der Waals surface area (Å²) in [6, 6.07) is 13.8. The van der Waals surface area contributed by atoms with Gasteiger partial charge in [0.05, 0.1) is 14.2 Å². The fourth-order valence-electron chi connectivity index (χ4n) is 3.12. The van der Waals surface area contributed by atoms with E-state index in [1.54, 1.807) is 20.5 Å². The molecule has 0 bridgehead atoms. The summed E-state index contributed by atoms with van der Waals surface area (Å²) in [4.78, 5) is 4.34. The molecular formula is C19H17BrN4O2. The van der Waals surface area contributed by atoms with Crippen molar-refractivity contribution in [3.8, 4) is 11.5 Å². The summed E-state index contributed by atoms with van der Waals surface area (Å²) in [6.07, 6.45) is 3.65. The molecule has 1 N–H and O–H groups in total. The third-order valence-electron chi connectivity index (χ3n) is 4.30. The Morgan fingerprint density at radius 2 is 1.96 bits per heavy atom. The van der Waals surface area contributed by atoms with Gasteiger partial charge in [-0.1, -0.05) is 40.2 Å². The first-order chi connectivity index (χ1) is 12.7. The van der Waals surface area contributed by atoms with Gasteiger partial charge in [0.15, 0.2) is 11.5 Å². The monoisotopic (exact) mass is 412 g/mol. The molecule has 132 valence electrons. The summed E-state index contributed by atoms with van der Waals surface area (Å²) in [6.45, 7) is 0. The minimum Gasteiger partial charge on any atom is -0.493 e. The van der Waals surface area contributed by atoms with Crippen LogP contribution in [0.2, 0.25) is 0 Å². The lowest BCUT2D eigenvalue weighted by Crippen LogP contribution is -2.20. The summed E-state index contributed by atoms with van der Waals surface area (Å²) in [5, 5.41) is 7.73. The van der Waals surface area contributed by atoms with Gasteiger partial charge in [-0.25, -0.2) is 4.68 Å². The first-order valence-corrected chi connectivity index (χ1v) is 8.85. The second-order valence-electron chi connectivity index (χ2n) is 5.77. The first kappa shape index (κ1) is 16.7. The second kappa shape index (κ2) is 6.84. The zero-order valence-corrected chi connectivity index (χ0v) is 15.9. The average molecular weight is 413 g/mol. The van der Waals surface area contributed by atoms with Crippen molar-refractivity contribution in [2.24, 2.45) is 0 Å². The summed E-state index contributed by atoms with van der Waals surface area (Å²) >= 11 is 3.53. The van der Waals surface area contributed by atoms with Crippen LogP contribution in [0.5, 0.6) is 11.5 Å². The molecule has 1 aliphatic heterocycles. The predicted molar refractivity (Wildman–Crippen MR) is 103 cm³/mol. The predicted octanol–water partition coefficient (Wildman–Crippen LogP) is 4.11. The second-order valence-corrected chi connectivity index (χ2v) is 6.69. The number of fused-ring (bicyclic) bond motifs is 1. The molecule has 0 spiro atoms. The van der Waals surface area contributed by atoms with E-state index in [0.717, 1.165) is 21.3 Å². The van der Waals surface area contributed by atoms with E-state index in [1.165, 1.54) is 0 Å². The Bertz CT molecular complexity index is 983. The molecule has 0 saturated carbocycles. The number of nitrogens with zero attached hydrogens (tertiary/aromatic N) is 3. The summed E-state index contributed by atoms with van der Waals surface area (Å²) < 4.78 is 13.9. The SMILES string of the molecule is COc1cccc([C@@H]2C=C(c3cccc(Br)c3)Nc3ncnn32)c1OC. The zero-order valence-electron chi connectivity index (χ0n) is 14.3. The van der Waals surface area contributed by atoms with Crippen molar-refractivity contribution in [3.05, 3.63) is 70.5 Å². The molecular weight excluding hydrogens is 396 g/mol. The van der Waals surface area contributed by atoms with E-state index >= 15 is 0 Å². The van der Waals surface area contributed by atoms with Gasteiger partial charge in [-0.15, -0.1) is 0 Å². The molecule has 0 unspecified atom stereocenters. The van der Waals surface area contributed by atoms with Gasteiger partial charge in [-0.3, -0.25) is 0 Å². The number of para-hydroxylation sites is 1. The molecule has 2 aromatic carbocycles. The maximum absolute atomic E-state index is 5.63. The number of aromatic nitrogens is 3. The van der Waals surface area contributed by atoms with E-state index in [9.17, 15) is 0 Å². The van der Waals surface area contributed by atoms with Crippen LogP contribution in [0.3, 0.4) is 0 Å². The van der Waals surface area contributed by atoms with E-state index in [4.69, 9.17) is 9.47 Å². The Labute approximate surface area is 159 Å². The highest BCUT2D eigenvalue weighted by molar-refractivity contribution is 9.10. The highest BCUT2D eigenvalue weighted by Crippen LogP contribution is 2.40. The molecule has 7 heteroatoms. The van der Waals surface area contributed by atoms with Crippen LogP contribution in [-0.2, 0) is 0 Å². The zero-order chi connectivity index (χ0) is 18.1. The number of anilines is 1. The Morgan fingerprint density at radius 3 is 2.73 bits per heavy atom. The third-order valence-corrected chi connectivity index (χ3v) is 4.79. The van der Waals surface area contributed by atoms with Gasteiger partial charge >= 0.3 is 0 Å². The number of ether oxygens (including phenoxy) is 2. The van der Waals surface area contributed by atoms with Gasteiger partial charge in [0.1, 0.15) is 12.4 Å². The molecule has 0 radical (unpaired) electrons. The van der Waals surface area contributed by atoms with Crippen molar-refractivity contribution in [1.29, 1.82) is 0 Å². The lowest BCUT2D eigenvalue weighted by molar-refractivity contribution is 0.349. The standard InChI is InChI=1S/C19H17BrN4O2/c1-25-17-8-4-7-14(18(17)26-2)16-10-15(12-5-3-6-13(20)9-12)23-19-21-11-22-24(16)19/h3-11,16H,1-2H3,(H,21,22,23)/t16-/m0/s1. The normalized spacial score (nSPS) is 15.7. The van der Waals surface area contributed by atoms with Crippen molar-refractivity contribution in [3.63, 3.8) is 0 Å². The van der Waals surface area contributed by atoms with Gasteiger partial charge in [-0.2, -0.15) is 10.1 Å². The Hall–Kier alpha value is -2.80. The minimum atomic E-state index is -0.173. The number of benzene rings is 2. The van der Waals surface area contributed by atoms with Crippen molar-refractivity contribution in [2.75, 3.05) is 19.5 Å². The fourth-order valence-corrected chi connectivity index (χ4v) is 3.52. The smallest absolute Gasteiger partial charge is 0.226 e. The molecule has 3 aromatic rings. The minimum absolute atomic E-state index is 0.173. The van der Waals surface area contributed by atoms with Gasteiger partial charge in [0, 0.05) is 15.7 Å². The molecule has 0 fully saturated rings. The highest BCUT2D eigenvalue weighted by Gasteiger charge is 2.27. The number of allylic oxidation sites excluding steroid dienone is 1. The van der Waals surface area contributed by atoms with Gasteiger partial charge in [0.2, 0.25) is 5.95 Å². The van der Waals surface area contributed by atoms with Crippen LogP contribution < -0.4 is 14.8 Å². The van der Waals surface area contributed by atoms with Crippen LogP contribution in [-0.4, -0.2) is 29.0 Å². The van der Waals surface area contributed by atoms with Crippen LogP contribution >= 0.6 is 15.9 Å². The summed E-state index contributed by atoms with van der Waals surface area (Å²) in [5.41, 5.74) is 2.97. The van der Waals surface area contributed by atoms with E-state index in [-0.39, 0.29) is 6.04 Å². The van der Waals surface area contributed by atoms with Crippen molar-refractivity contribution < 1.29 is 9.47 Å². The summed E-state index contributed by atoms with van der Waals surface area (Å²) in [5.74, 6) is 2.05. The van der Waals surface area contributed by atoms with Gasteiger partial charge in [-0.05, 0) is 29.8 Å². The lowest BCUT2D eigenvalue weighted by Gasteiger charge is -2.26. The molecule has 26 heavy (non-hydrogen) atoms. The van der Waals surface area contributed by atoms with Crippen molar-refractivity contribution in [2.45, 2.75) is 6.04 Å². The van der Waals surface area contributed by atoms with Crippen molar-refractivity contribution in [1.82, 2.24) is 14.8 Å². The van der Waals surface area contributed by atoms with E-state index in [2.05, 4.69) is 49.5 Å². The van der Waals surface area contributed by atoms with Crippen LogP contribution in [0.15, 0.2) is 59.3 Å². The quantitative estimate of drug-likeness (QED) is 0.698. The van der Waals surface area contributed by atoms with Crippen LogP contribution in [0.4, 0.5) is 5.95 Å². The lowest BCUT2D eigenvalue weighted by atomic mass is 10.0. The number of methoxy groups -OCH3 is 2. The largest absolute Gasteiger partial charge is 0.493 e. The number of hydrogen-bond acceptors (Lipinski definition) is 5. The molecule has 0 saturated heterocycles. The van der Waals surface area contributed by atoms with E-state index in [0.29, 0.717) is 17.4 Å². The molecule has 1 aromatic heterocycles. The van der Waals surface area contributed by atoms with Crippen molar-refractivity contribution >= 4 is 27.6 Å². The van der Waals surface area contributed by atoms with Gasteiger partial charge in [0.25, 0.3) is 0 Å². The molecule has 1 aliphatic rings. The molecule has 4 rings (SSSR count). The third kappa shape index (κ3) is 2.84. The number of halogens is 1. The maximum atomic E-state index is 5.63. The average Bonchev–Trinajstić information content (AvgIpc) is 3.15. The Kier molecular flexibility index (Phi) is 4.38. The Balaban J connectivity index is 1.87. The van der Waals surface area contributed by atoms with E-state index in [1.807, 2.05) is 35.0 Å². The highest BCUT2D eigenvalue weighted by atomic mass is 79.9. The number of rotatable bonds is 4. The number of hydrogen-bond donors (Lipinski definition) is 1. The number of nitrogens with one attached hydrogen (secondary N) is 1. The van der Waals surface area contributed by atoms with Crippen LogP contribution in [0.25, 0.3) is 5.70 Å². The molecule has 6 nitrogen and oxygen atoms in total. The topological polar surface area (TPSA) is 61.2 Å². The Morgan fingerprint density at radius 1 is 1.12 bits per heavy atom. The molecule has 0 aliphatic carbocycles. The van der Waals surface area contributed by atoms with Crippen LogP contribution in [0.1, 0.15) is 17.2 Å². The maximum Gasteiger partial charge on any atom is 0.226 e. The molecule has 0 amide bonds. The van der Waals surface area contributed by atoms with Crippen LogP contribution in [0, 0.1) is 0 Å². The van der Waals surface area contributed by atoms with E-state index < -0.39 is 0 Å². The first-order valence-electron chi connectivity index (χ1n) is 8.06. The summed E-state index contributed by atoms with van der Waals surface area (Å²) in [7, 11) is 3.28. The molecule has 2 heterocycles. The fraction of sp³-hybridized carbons (Fsp3) is 0.158. The molecule has 1 atom stereocenters.